The van der Waals surface area contributed by atoms with Crippen molar-refractivity contribution in [3.05, 3.63) is 182 Å². The van der Waals surface area contributed by atoms with Gasteiger partial charge >= 0.3 is 0 Å². The van der Waals surface area contributed by atoms with E-state index in [0.717, 1.165) is 0 Å². The molecule has 0 saturated heterocycles. The van der Waals surface area contributed by atoms with E-state index in [-0.39, 0.29) is 0 Å². The van der Waals surface area contributed by atoms with Crippen LogP contribution in [-0.4, -0.2) is 9.13 Å². The first kappa shape index (κ1) is 29.0. The Labute approximate surface area is 309 Å². The summed E-state index contributed by atoms with van der Waals surface area (Å²) in [6.45, 7) is 0. The van der Waals surface area contributed by atoms with E-state index in [1.165, 1.54) is 108 Å². The van der Waals surface area contributed by atoms with Crippen LogP contribution in [0.2, 0.25) is 0 Å². The van der Waals surface area contributed by atoms with Crippen LogP contribution in [0.1, 0.15) is 0 Å². The molecule has 246 valence electrons. The third-order valence-corrected chi connectivity index (χ3v) is 12.4. The zero-order chi connectivity index (χ0) is 34.6. The Hall–Kier alpha value is -6.68. The van der Waals surface area contributed by atoms with E-state index in [2.05, 4.69) is 191 Å². The van der Waals surface area contributed by atoms with Crippen molar-refractivity contribution < 1.29 is 0 Å². The molecule has 2 nitrogen and oxygen atoms in total. The van der Waals surface area contributed by atoms with Gasteiger partial charge in [0.15, 0.2) is 0 Å². The highest BCUT2D eigenvalue weighted by atomic mass is 32.1. The molecule has 0 atom stereocenters. The van der Waals surface area contributed by atoms with Crippen molar-refractivity contribution in [2.45, 2.75) is 0 Å². The second-order valence-electron chi connectivity index (χ2n) is 14.1. The molecule has 12 aromatic rings. The largest absolute Gasteiger partial charge is 0.309 e. The molecule has 0 amide bonds. The molecule has 0 radical (unpaired) electrons. The van der Waals surface area contributed by atoms with E-state index in [1.54, 1.807) is 0 Å². The standard InChI is InChI=1S/C50H30N2S/c1-2-11-33-27-36(21-17-31(33)9-1)51-45-15-7-5-13-39(45)43-28-34(19-25-46(43)51)35-20-26-47-44(29-35)42-23-18-32-10-3-4-12-38(32)50(42)52(47)37-22-24-41-40-14-6-8-16-48(40)53-49(41)30-37/h1-30H. The predicted molar refractivity (Wildman–Crippen MR) is 228 cm³/mol. The fourth-order valence-corrected chi connectivity index (χ4v) is 9.97. The normalized spacial score (nSPS) is 12.2. The highest BCUT2D eigenvalue weighted by Crippen LogP contribution is 2.42. The van der Waals surface area contributed by atoms with Gasteiger partial charge in [0, 0.05) is 58.5 Å². The molecule has 0 N–H and O–H groups in total. The molecular weight excluding hydrogens is 661 g/mol. The Bertz CT molecular complexity index is 3470. The van der Waals surface area contributed by atoms with Crippen LogP contribution in [0.5, 0.6) is 0 Å². The first-order chi connectivity index (χ1) is 26.3. The van der Waals surface area contributed by atoms with Crippen LogP contribution < -0.4 is 0 Å². The number of aromatic nitrogens is 2. The first-order valence-electron chi connectivity index (χ1n) is 18.2. The van der Waals surface area contributed by atoms with Gasteiger partial charge in [0.1, 0.15) is 0 Å². The molecule has 0 spiro atoms. The highest BCUT2D eigenvalue weighted by molar-refractivity contribution is 7.25. The summed E-state index contributed by atoms with van der Waals surface area (Å²) in [5, 5.41) is 12.7. The summed E-state index contributed by atoms with van der Waals surface area (Å²) in [5.41, 5.74) is 9.71. The summed E-state index contributed by atoms with van der Waals surface area (Å²) in [5.74, 6) is 0. The number of fused-ring (bicyclic) bond motifs is 12. The minimum atomic E-state index is 1.18. The van der Waals surface area contributed by atoms with E-state index >= 15 is 0 Å². The lowest BCUT2D eigenvalue weighted by Crippen LogP contribution is -1.94. The molecule has 53 heavy (non-hydrogen) atoms. The van der Waals surface area contributed by atoms with Crippen molar-refractivity contribution in [2.75, 3.05) is 0 Å². The second-order valence-corrected chi connectivity index (χ2v) is 15.2. The average molecular weight is 691 g/mol. The summed E-state index contributed by atoms with van der Waals surface area (Å²) in [7, 11) is 0. The predicted octanol–water partition coefficient (Wildman–Crippen LogP) is 14.2. The van der Waals surface area contributed by atoms with Crippen LogP contribution >= 0.6 is 11.3 Å². The molecule has 3 heterocycles. The van der Waals surface area contributed by atoms with Crippen molar-refractivity contribution in [1.82, 2.24) is 9.13 Å². The van der Waals surface area contributed by atoms with Crippen LogP contribution in [-0.2, 0) is 0 Å². The van der Waals surface area contributed by atoms with Crippen LogP contribution in [0.15, 0.2) is 182 Å². The number of para-hydroxylation sites is 1. The molecule has 0 aliphatic heterocycles. The van der Waals surface area contributed by atoms with Gasteiger partial charge in [0.2, 0.25) is 0 Å². The maximum absolute atomic E-state index is 2.49. The average Bonchev–Trinajstić information content (AvgIpc) is 3.87. The summed E-state index contributed by atoms with van der Waals surface area (Å²) < 4.78 is 7.54. The van der Waals surface area contributed by atoms with Crippen LogP contribution in [0.3, 0.4) is 0 Å². The van der Waals surface area contributed by atoms with Crippen molar-refractivity contribution >= 4 is 96.7 Å². The van der Waals surface area contributed by atoms with Gasteiger partial charge in [0.25, 0.3) is 0 Å². The van der Waals surface area contributed by atoms with Gasteiger partial charge in [-0.05, 0) is 87.9 Å². The van der Waals surface area contributed by atoms with Crippen LogP contribution in [0, 0.1) is 0 Å². The smallest absolute Gasteiger partial charge is 0.0619 e. The molecule has 0 fully saturated rings. The number of rotatable bonds is 3. The number of hydrogen-bond donors (Lipinski definition) is 0. The Kier molecular flexibility index (Phi) is 5.96. The molecule has 0 aliphatic carbocycles. The fraction of sp³-hybridized carbons (Fsp3) is 0. The van der Waals surface area contributed by atoms with E-state index in [1.807, 2.05) is 11.3 Å². The highest BCUT2D eigenvalue weighted by Gasteiger charge is 2.18. The monoisotopic (exact) mass is 690 g/mol. The summed E-state index contributed by atoms with van der Waals surface area (Å²) in [6.07, 6.45) is 0. The van der Waals surface area contributed by atoms with Gasteiger partial charge < -0.3 is 9.13 Å². The molecule has 3 heteroatoms. The van der Waals surface area contributed by atoms with Gasteiger partial charge in [-0.2, -0.15) is 0 Å². The molecule has 0 aliphatic rings. The number of thiophene rings is 1. The maximum atomic E-state index is 2.49. The van der Waals surface area contributed by atoms with Gasteiger partial charge in [0.05, 0.1) is 22.1 Å². The van der Waals surface area contributed by atoms with Crippen LogP contribution in [0.4, 0.5) is 0 Å². The number of benzene rings is 9. The third-order valence-electron chi connectivity index (χ3n) is 11.3. The van der Waals surface area contributed by atoms with E-state index < -0.39 is 0 Å². The van der Waals surface area contributed by atoms with E-state index in [4.69, 9.17) is 0 Å². The van der Waals surface area contributed by atoms with Crippen molar-refractivity contribution in [2.24, 2.45) is 0 Å². The van der Waals surface area contributed by atoms with Gasteiger partial charge in [-0.3, -0.25) is 0 Å². The topological polar surface area (TPSA) is 9.86 Å². The Morgan fingerprint density at radius 1 is 0.302 bits per heavy atom. The fourth-order valence-electron chi connectivity index (χ4n) is 8.83. The minimum absolute atomic E-state index is 1.18. The lowest BCUT2D eigenvalue weighted by atomic mass is 10.00. The summed E-state index contributed by atoms with van der Waals surface area (Å²) in [6, 6.07) is 67.3. The van der Waals surface area contributed by atoms with Crippen LogP contribution in [0.25, 0.3) is 108 Å². The van der Waals surface area contributed by atoms with Gasteiger partial charge in [-0.15, -0.1) is 11.3 Å². The molecule has 0 unspecified atom stereocenters. The number of nitrogens with zero attached hydrogens (tertiary/aromatic N) is 2. The first-order valence-corrected chi connectivity index (χ1v) is 19.0. The maximum Gasteiger partial charge on any atom is 0.0619 e. The summed E-state index contributed by atoms with van der Waals surface area (Å²) >= 11 is 1.87. The van der Waals surface area contributed by atoms with Crippen molar-refractivity contribution in [3.8, 4) is 22.5 Å². The molecule has 0 bridgehead atoms. The Balaban J connectivity index is 1.08. The minimum Gasteiger partial charge on any atom is -0.309 e. The third kappa shape index (κ3) is 4.20. The Morgan fingerprint density at radius 2 is 0.868 bits per heavy atom. The quantitative estimate of drug-likeness (QED) is 0.175. The van der Waals surface area contributed by atoms with Gasteiger partial charge in [-0.1, -0.05) is 121 Å². The zero-order valence-corrected chi connectivity index (χ0v) is 29.4. The molecule has 0 saturated carbocycles. The number of hydrogen-bond acceptors (Lipinski definition) is 1. The summed E-state index contributed by atoms with van der Waals surface area (Å²) in [4.78, 5) is 0. The van der Waals surface area contributed by atoms with E-state index in [9.17, 15) is 0 Å². The lowest BCUT2D eigenvalue weighted by molar-refractivity contribution is 1.19. The molecule has 9 aromatic carbocycles. The Morgan fingerprint density at radius 3 is 1.72 bits per heavy atom. The van der Waals surface area contributed by atoms with Crippen molar-refractivity contribution in [1.29, 1.82) is 0 Å². The molecule has 12 rings (SSSR count). The second kappa shape index (κ2) is 10.9. The SMILES string of the molecule is c1ccc2cc(-n3c4ccccc4c4cc(-c5ccc6c(c5)c5ccc7ccccc7c5n6-c5ccc6c(c5)sc5ccccc56)ccc43)ccc2c1. The molecule has 3 aromatic heterocycles. The molecular formula is C50H30N2S. The van der Waals surface area contributed by atoms with E-state index in [0.29, 0.717) is 0 Å². The van der Waals surface area contributed by atoms with Crippen molar-refractivity contribution in [3.63, 3.8) is 0 Å². The van der Waals surface area contributed by atoms with Gasteiger partial charge in [-0.25, -0.2) is 0 Å². The zero-order valence-electron chi connectivity index (χ0n) is 28.6. The lowest BCUT2D eigenvalue weighted by Gasteiger charge is -2.11.